The van der Waals surface area contributed by atoms with Crippen LogP contribution >= 0.6 is 0 Å². The monoisotopic (exact) mass is 155 g/mol. The highest BCUT2D eigenvalue weighted by molar-refractivity contribution is 5.35. The summed E-state index contributed by atoms with van der Waals surface area (Å²) in [5, 5.41) is 0. The van der Waals surface area contributed by atoms with Gasteiger partial charge < -0.3 is 0 Å². The molecule has 0 aliphatic heterocycles. The summed E-state index contributed by atoms with van der Waals surface area (Å²) < 4.78 is 0. The second-order valence-corrected chi connectivity index (χ2v) is 2.18. The van der Waals surface area contributed by atoms with Crippen LogP contribution in [0.25, 0.3) is 0 Å². The average Bonchev–Trinajstić information content (AvgIpc) is 2.09. The third-order valence-electron chi connectivity index (χ3n) is 1.29. The molecular formula is C11H9N. The summed E-state index contributed by atoms with van der Waals surface area (Å²) in [6.07, 6.45) is 1.73. The molecule has 0 aliphatic carbocycles. The fraction of sp³-hybridized carbons (Fsp3) is 0.182. The normalized spacial score (nSPS) is 7.50. The van der Waals surface area contributed by atoms with Crippen molar-refractivity contribution in [2.24, 2.45) is 0 Å². The summed E-state index contributed by atoms with van der Waals surface area (Å²) in [7, 11) is 0. The van der Waals surface area contributed by atoms with Crippen LogP contribution in [-0.2, 0) is 0 Å². The van der Waals surface area contributed by atoms with Crippen LogP contribution in [0.3, 0.4) is 0 Å². The molecule has 0 saturated heterocycles. The molecule has 1 heteroatoms. The molecule has 1 rings (SSSR count). The molecule has 0 aliphatic rings. The van der Waals surface area contributed by atoms with Gasteiger partial charge >= 0.3 is 0 Å². The van der Waals surface area contributed by atoms with Gasteiger partial charge in [-0.15, -0.1) is 5.92 Å². The molecule has 0 amide bonds. The Labute approximate surface area is 72.8 Å². The first kappa shape index (κ1) is 8.37. The van der Waals surface area contributed by atoms with Crippen LogP contribution in [-0.4, -0.2) is 4.98 Å². The van der Waals surface area contributed by atoms with Gasteiger partial charge in [0, 0.05) is 11.8 Å². The van der Waals surface area contributed by atoms with Crippen molar-refractivity contribution in [3.63, 3.8) is 0 Å². The second kappa shape index (κ2) is 4.21. The van der Waals surface area contributed by atoms with Gasteiger partial charge in [0.15, 0.2) is 0 Å². The summed E-state index contributed by atoms with van der Waals surface area (Å²) in [5.41, 5.74) is 1.72. The highest BCUT2D eigenvalue weighted by Crippen LogP contribution is 1.96. The molecule has 0 radical (unpaired) electrons. The zero-order valence-corrected chi connectivity index (χ0v) is 7.18. The topological polar surface area (TPSA) is 12.9 Å². The fourth-order valence-corrected chi connectivity index (χ4v) is 0.814. The summed E-state index contributed by atoms with van der Waals surface area (Å²) in [4.78, 5) is 4.11. The van der Waals surface area contributed by atoms with Crippen molar-refractivity contribution in [3.05, 3.63) is 29.6 Å². The number of nitrogens with zero attached hydrogens (tertiary/aromatic N) is 1. The lowest BCUT2D eigenvalue weighted by atomic mass is 10.2. The van der Waals surface area contributed by atoms with Gasteiger partial charge in [-0.25, -0.2) is 4.98 Å². The second-order valence-electron chi connectivity index (χ2n) is 2.18. The summed E-state index contributed by atoms with van der Waals surface area (Å²) >= 11 is 0. The molecule has 0 atom stereocenters. The molecule has 0 saturated carbocycles. The lowest BCUT2D eigenvalue weighted by Gasteiger charge is -1.89. The molecular weight excluding hydrogens is 146 g/mol. The summed E-state index contributed by atoms with van der Waals surface area (Å²) in [6, 6.07) is 3.79. The van der Waals surface area contributed by atoms with Gasteiger partial charge in [0.2, 0.25) is 0 Å². The van der Waals surface area contributed by atoms with Crippen LogP contribution in [0.4, 0.5) is 0 Å². The van der Waals surface area contributed by atoms with E-state index in [-0.39, 0.29) is 0 Å². The highest BCUT2D eigenvalue weighted by atomic mass is 14.7. The molecule has 1 heterocycles. The molecule has 0 fully saturated rings. The Morgan fingerprint density at radius 2 is 1.83 bits per heavy atom. The van der Waals surface area contributed by atoms with Crippen molar-refractivity contribution >= 4 is 0 Å². The molecule has 0 aromatic carbocycles. The standard InChI is InChI=1S/C11H9N/c1-3-5-10-7-8-11(6-4-2)12-9-10/h7-9H,1-2H3. The number of hydrogen-bond acceptors (Lipinski definition) is 1. The first-order valence-corrected chi connectivity index (χ1v) is 3.68. The molecule has 58 valence electrons. The molecule has 1 nitrogen and oxygen atoms in total. The lowest BCUT2D eigenvalue weighted by Crippen LogP contribution is -1.82. The Morgan fingerprint density at radius 1 is 1.08 bits per heavy atom. The van der Waals surface area contributed by atoms with Crippen LogP contribution in [0, 0.1) is 23.7 Å². The Bertz CT molecular complexity index is 326. The third-order valence-corrected chi connectivity index (χ3v) is 1.29. The predicted molar refractivity (Wildman–Crippen MR) is 49.3 cm³/mol. The van der Waals surface area contributed by atoms with Crippen molar-refractivity contribution in [1.29, 1.82) is 0 Å². The van der Waals surface area contributed by atoms with Crippen LogP contribution < -0.4 is 0 Å². The minimum atomic E-state index is 0.791. The van der Waals surface area contributed by atoms with Crippen LogP contribution in [0.15, 0.2) is 18.3 Å². The van der Waals surface area contributed by atoms with Gasteiger partial charge in [-0.3, -0.25) is 0 Å². The van der Waals surface area contributed by atoms with Gasteiger partial charge in [-0.05, 0) is 31.9 Å². The maximum absolute atomic E-state index is 4.11. The van der Waals surface area contributed by atoms with E-state index in [1.165, 1.54) is 0 Å². The smallest absolute Gasteiger partial charge is 0.113 e. The van der Waals surface area contributed by atoms with E-state index in [2.05, 4.69) is 28.7 Å². The number of pyridine rings is 1. The van der Waals surface area contributed by atoms with E-state index in [0.717, 1.165) is 11.3 Å². The number of aromatic nitrogens is 1. The predicted octanol–water partition coefficient (Wildman–Crippen LogP) is 1.82. The molecule has 1 aromatic heterocycles. The van der Waals surface area contributed by atoms with E-state index in [1.54, 1.807) is 20.0 Å². The van der Waals surface area contributed by atoms with Gasteiger partial charge in [-0.2, -0.15) is 0 Å². The largest absolute Gasteiger partial charge is 0.246 e. The lowest BCUT2D eigenvalue weighted by molar-refractivity contribution is 1.27. The van der Waals surface area contributed by atoms with Crippen molar-refractivity contribution in [1.82, 2.24) is 4.98 Å². The molecule has 1 aromatic rings. The Balaban J connectivity index is 2.95. The number of rotatable bonds is 0. The van der Waals surface area contributed by atoms with Crippen molar-refractivity contribution in [2.75, 3.05) is 0 Å². The first-order chi connectivity index (χ1) is 5.86. The number of hydrogen-bond donors (Lipinski definition) is 0. The van der Waals surface area contributed by atoms with E-state index < -0.39 is 0 Å². The minimum Gasteiger partial charge on any atom is -0.246 e. The van der Waals surface area contributed by atoms with Crippen molar-refractivity contribution in [3.8, 4) is 23.7 Å². The van der Waals surface area contributed by atoms with Crippen molar-refractivity contribution in [2.45, 2.75) is 13.8 Å². The molecule has 12 heavy (non-hydrogen) atoms. The Morgan fingerprint density at radius 3 is 2.33 bits per heavy atom. The van der Waals surface area contributed by atoms with Gasteiger partial charge in [0.05, 0.1) is 0 Å². The quantitative estimate of drug-likeness (QED) is 0.521. The summed E-state index contributed by atoms with van der Waals surface area (Å²) in [6.45, 7) is 3.60. The van der Waals surface area contributed by atoms with Crippen LogP contribution in [0.2, 0.25) is 0 Å². The van der Waals surface area contributed by atoms with E-state index >= 15 is 0 Å². The highest BCUT2D eigenvalue weighted by Gasteiger charge is 1.87. The zero-order valence-electron chi connectivity index (χ0n) is 7.18. The minimum absolute atomic E-state index is 0.791. The van der Waals surface area contributed by atoms with Crippen LogP contribution in [0.1, 0.15) is 25.1 Å². The Hall–Kier alpha value is -1.73. The van der Waals surface area contributed by atoms with E-state index in [4.69, 9.17) is 0 Å². The maximum atomic E-state index is 4.11. The third kappa shape index (κ3) is 2.15. The van der Waals surface area contributed by atoms with E-state index in [0.29, 0.717) is 0 Å². The molecule has 0 bridgehead atoms. The van der Waals surface area contributed by atoms with Gasteiger partial charge in [0.1, 0.15) is 5.69 Å². The molecule has 0 N–H and O–H groups in total. The van der Waals surface area contributed by atoms with Gasteiger partial charge in [-0.1, -0.05) is 11.8 Å². The molecule has 0 spiro atoms. The van der Waals surface area contributed by atoms with Gasteiger partial charge in [0.25, 0.3) is 0 Å². The van der Waals surface area contributed by atoms with Crippen LogP contribution in [0.5, 0.6) is 0 Å². The first-order valence-electron chi connectivity index (χ1n) is 3.68. The summed E-state index contributed by atoms with van der Waals surface area (Å²) in [5.74, 6) is 11.4. The molecule has 0 unspecified atom stereocenters. The zero-order chi connectivity index (χ0) is 8.81. The maximum Gasteiger partial charge on any atom is 0.113 e. The van der Waals surface area contributed by atoms with Crippen molar-refractivity contribution < 1.29 is 0 Å². The van der Waals surface area contributed by atoms with E-state index in [9.17, 15) is 0 Å². The average molecular weight is 155 g/mol. The van der Waals surface area contributed by atoms with E-state index in [1.807, 2.05) is 12.1 Å². The Kier molecular flexibility index (Phi) is 2.94. The SMILES string of the molecule is CC#Cc1ccc(C#CC)nc1. The fourth-order valence-electron chi connectivity index (χ4n) is 0.814.